The third-order valence-corrected chi connectivity index (χ3v) is 5.19. The first-order chi connectivity index (χ1) is 13.5. The van der Waals surface area contributed by atoms with Crippen LogP contribution in [0.2, 0.25) is 0 Å². The first-order valence-corrected chi connectivity index (χ1v) is 9.28. The summed E-state index contributed by atoms with van der Waals surface area (Å²) >= 11 is 0. The van der Waals surface area contributed by atoms with Gasteiger partial charge in [-0.15, -0.1) is 0 Å². The van der Waals surface area contributed by atoms with E-state index in [4.69, 9.17) is 9.84 Å². The number of halogens is 1. The zero-order chi connectivity index (χ0) is 19.7. The number of aromatic nitrogens is 2. The van der Waals surface area contributed by atoms with Crippen LogP contribution in [0, 0.1) is 5.82 Å². The van der Waals surface area contributed by atoms with Crippen molar-refractivity contribution in [1.82, 2.24) is 14.7 Å². The molecule has 4 rings (SSSR count). The Morgan fingerprint density at radius 1 is 1.14 bits per heavy atom. The van der Waals surface area contributed by atoms with Crippen LogP contribution in [0.25, 0.3) is 11.3 Å². The van der Waals surface area contributed by atoms with Gasteiger partial charge < -0.3 is 9.64 Å². The van der Waals surface area contributed by atoms with Gasteiger partial charge in [0, 0.05) is 43.3 Å². The van der Waals surface area contributed by atoms with E-state index < -0.39 is 0 Å². The number of hydrogen-bond donors (Lipinski definition) is 0. The lowest BCUT2D eigenvalue weighted by molar-refractivity contribution is -0.129. The molecule has 3 aromatic rings. The predicted molar refractivity (Wildman–Crippen MR) is 105 cm³/mol. The molecular weight excluding hydrogens is 357 g/mol. The highest BCUT2D eigenvalue weighted by molar-refractivity contribution is 5.74. The highest BCUT2D eigenvalue weighted by Gasteiger charge is 2.26. The van der Waals surface area contributed by atoms with Crippen LogP contribution in [-0.2, 0) is 24.3 Å². The molecule has 144 valence electrons. The molecule has 0 N–H and O–H groups in total. The van der Waals surface area contributed by atoms with Gasteiger partial charge in [0.2, 0.25) is 5.91 Å². The van der Waals surface area contributed by atoms with Crippen LogP contribution in [0.1, 0.15) is 23.7 Å². The number of fused-ring (bicyclic) bond motifs is 1. The molecule has 6 heteroatoms. The molecule has 1 aliphatic rings. The predicted octanol–water partition coefficient (Wildman–Crippen LogP) is 3.65. The molecule has 0 unspecified atom stereocenters. The second-order valence-electron chi connectivity index (χ2n) is 6.98. The first-order valence-electron chi connectivity index (χ1n) is 9.28. The van der Waals surface area contributed by atoms with E-state index in [1.54, 1.807) is 26.2 Å². The molecule has 0 radical (unpaired) electrons. The van der Waals surface area contributed by atoms with Crippen LogP contribution in [0.3, 0.4) is 0 Å². The van der Waals surface area contributed by atoms with Crippen molar-refractivity contribution < 1.29 is 13.9 Å². The molecule has 0 saturated heterocycles. The summed E-state index contributed by atoms with van der Waals surface area (Å²) in [6.07, 6.45) is 0.749. The lowest BCUT2D eigenvalue weighted by Crippen LogP contribution is -2.34. The topological polar surface area (TPSA) is 47.4 Å². The normalized spacial score (nSPS) is 13.3. The van der Waals surface area contributed by atoms with Gasteiger partial charge in [-0.3, -0.25) is 9.48 Å². The number of ether oxygens (including phenoxy) is 1. The second-order valence-corrected chi connectivity index (χ2v) is 6.98. The summed E-state index contributed by atoms with van der Waals surface area (Å²) in [7, 11) is 1.65. The van der Waals surface area contributed by atoms with Crippen LogP contribution in [0.5, 0.6) is 5.75 Å². The summed E-state index contributed by atoms with van der Waals surface area (Å²) in [5.41, 5.74) is 4.96. The highest BCUT2D eigenvalue weighted by atomic mass is 19.1. The van der Waals surface area contributed by atoms with E-state index in [-0.39, 0.29) is 11.7 Å². The maximum Gasteiger partial charge on any atom is 0.219 e. The van der Waals surface area contributed by atoms with Crippen LogP contribution < -0.4 is 4.74 Å². The number of nitrogens with zero attached hydrogens (tertiary/aromatic N) is 3. The molecule has 28 heavy (non-hydrogen) atoms. The lowest BCUT2D eigenvalue weighted by atomic mass is 10.0. The Balaban J connectivity index is 1.73. The Morgan fingerprint density at radius 2 is 1.86 bits per heavy atom. The molecule has 0 saturated carbocycles. The van der Waals surface area contributed by atoms with E-state index in [9.17, 15) is 9.18 Å². The van der Waals surface area contributed by atoms with Gasteiger partial charge in [0.15, 0.2) is 0 Å². The van der Waals surface area contributed by atoms with E-state index in [0.29, 0.717) is 19.6 Å². The van der Waals surface area contributed by atoms with Gasteiger partial charge in [-0.1, -0.05) is 12.1 Å². The van der Waals surface area contributed by atoms with E-state index in [1.165, 1.54) is 12.1 Å². The first kappa shape index (κ1) is 18.2. The molecule has 0 bridgehead atoms. The van der Waals surface area contributed by atoms with Gasteiger partial charge in [0.25, 0.3) is 0 Å². The maximum absolute atomic E-state index is 13.4. The van der Waals surface area contributed by atoms with Crippen molar-refractivity contribution in [2.24, 2.45) is 0 Å². The molecule has 0 aliphatic carbocycles. The van der Waals surface area contributed by atoms with Crippen molar-refractivity contribution in [3.05, 3.63) is 71.2 Å². The molecular formula is C22H22FN3O2. The number of carbonyl (C=O) groups is 1. The monoisotopic (exact) mass is 379 g/mol. The quantitative estimate of drug-likeness (QED) is 0.695. The Hall–Kier alpha value is -3.15. The molecule has 0 spiro atoms. The second kappa shape index (κ2) is 7.46. The fraction of sp³-hybridized carbons (Fsp3) is 0.273. The minimum Gasteiger partial charge on any atom is -0.497 e. The fourth-order valence-electron chi connectivity index (χ4n) is 3.63. The SMILES string of the molecule is COc1ccc(Cn2nc(-c3ccc(F)cc3)c3c2CCN(C(C)=O)C3)cc1. The summed E-state index contributed by atoms with van der Waals surface area (Å²) in [4.78, 5) is 13.7. The summed E-state index contributed by atoms with van der Waals surface area (Å²) in [6.45, 7) is 3.43. The molecule has 1 aliphatic heterocycles. The van der Waals surface area contributed by atoms with E-state index in [2.05, 4.69) is 0 Å². The van der Waals surface area contributed by atoms with E-state index in [1.807, 2.05) is 33.8 Å². The standard InChI is InChI=1S/C22H22FN3O2/c1-15(27)25-12-11-21-20(14-25)22(17-5-7-18(23)8-6-17)24-26(21)13-16-3-9-19(28-2)10-4-16/h3-10H,11-14H2,1-2H3. The van der Waals surface area contributed by atoms with Crippen molar-refractivity contribution in [3.63, 3.8) is 0 Å². The lowest BCUT2D eigenvalue weighted by Gasteiger charge is -2.27. The van der Waals surface area contributed by atoms with Crippen molar-refractivity contribution in [2.45, 2.75) is 26.4 Å². The summed E-state index contributed by atoms with van der Waals surface area (Å²) in [5, 5.41) is 4.85. The molecule has 2 aromatic carbocycles. The number of hydrogen-bond acceptors (Lipinski definition) is 3. The van der Waals surface area contributed by atoms with Crippen molar-refractivity contribution in [3.8, 4) is 17.0 Å². The Bertz CT molecular complexity index is 994. The highest BCUT2D eigenvalue weighted by Crippen LogP contribution is 2.31. The summed E-state index contributed by atoms with van der Waals surface area (Å²) < 4.78 is 20.6. The van der Waals surface area contributed by atoms with Crippen LogP contribution >= 0.6 is 0 Å². The third kappa shape index (κ3) is 3.50. The molecule has 0 atom stereocenters. The average Bonchev–Trinajstić information content (AvgIpc) is 3.07. The molecule has 0 fully saturated rings. The number of methoxy groups -OCH3 is 1. The molecule has 5 nitrogen and oxygen atoms in total. The number of rotatable bonds is 4. The van der Waals surface area contributed by atoms with Gasteiger partial charge >= 0.3 is 0 Å². The van der Waals surface area contributed by atoms with Crippen LogP contribution in [0.15, 0.2) is 48.5 Å². The fourth-order valence-corrected chi connectivity index (χ4v) is 3.63. The minimum absolute atomic E-state index is 0.0543. The summed E-state index contributed by atoms with van der Waals surface area (Å²) in [6, 6.07) is 14.3. The summed E-state index contributed by atoms with van der Waals surface area (Å²) in [5.74, 6) is 0.592. The van der Waals surface area contributed by atoms with Crippen LogP contribution in [-0.4, -0.2) is 34.2 Å². The number of benzene rings is 2. The smallest absolute Gasteiger partial charge is 0.219 e. The zero-order valence-electron chi connectivity index (χ0n) is 16.0. The number of amides is 1. The Morgan fingerprint density at radius 3 is 2.50 bits per heavy atom. The largest absolute Gasteiger partial charge is 0.497 e. The maximum atomic E-state index is 13.4. The molecule has 1 aromatic heterocycles. The zero-order valence-corrected chi connectivity index (χ0v) is 16.0. The Labute approximate surface area is 163 Å². The van der Waals surface area contributed by atoms with Gasteiger partial charge in [0.05, 0.1) is 19.3 Å². The average molecular weight is 379 g/mol. The van der Waals surface area contributed by atoms with Gasteiger partial charge in [-0.2, -0.15) is 5.10 Å². The van der Waals surface area contributed by atoms with Crippen molar-refractivity contribution in [1.29, 1.82) is 0 Å². The Kier molecular flexibility index (Phi) is 4.86. The number of carbonyl (C=O) groups excluding carboxylic acids is 1. The van der Waals surface area contributed by atoms with Crippen molar-refractivity contribution in [2.75, 3.05) is 13.7 Å². The van der Waals surface area contributed by atoms with Gasteiger partial charge in [-0.25, -0.2) is 4.39 Å². The van der Waals surface area contributed by atoms with Gasteiger partial charge in [0.1, 0.15) is 11.6 Å². The molecule has 1 amide bonds. The van der Waals surface area contributed by atoms with Gasteiger partial charge in [-0.05, 0) is 42.0 Å². The minimum atomic E-state index is -0.277. The molecule has 2 heterocycles. The van der Waals surface area contributed by atoms with Crippen LogP contribution in [0.4, 0.5) is 4.39 Å². The van der Waals surface area contributed by atoms with E-state index >= 15 is 0 Å². The van der Waals surface area contributed by atoms with E-state index in [0.717, 1.165) is 40.2 Å². The third-order valence-electron chi connectivity index (χ3n) is 5.19. The van der Waals surface area contributed by atoms with Crippen molar-refractivity contribution >= 4 is 5.91 Å².